The van der Waals surface area contributed by atoms with E-state index >= 15 is 0 Å². The summed E-state index contributed by atoms with van der Waals surface area (Å²) >= 11 is 0. The van der Waals surface area contributed by atoms with Crippen molar-refractivity contribution in [2.75, 3.05) is 6.61 Å². The van der Waals surface area contributed by atoms with Crippen LogP contribution in [0.4, 0.5) is 0 Å². The highest BCUT2D eigenvalue weighted by Gasteiger charge is 2.48. The van der Waals surface area contributed by atoms with Gasteiger partial charge in [0.1, 0.15) is 12.2 Å². The number of hydrogen-bond donors (Lipinski definition) is 0. The summed E-state index contributed by atoms with van der Waals surface area (Å²) < 4.78 is 7.55. The van der Waals surface area contributed by atoms with Crippen molar-refractivity contribution in [2.24, 2.45) is 13.0 Å². The molecule has 0 aliphatic heterocycles. The van der Waals surface area contributed by atoms with Crippen LogP contribution >= 0.6 is 0 Å². The molecule has 2 heterocycles. The van der Waals surface area contributed by atoms with Crippen LogP contribution in [0.2, 0.25) is 0 Å². The molecule has 0 amide bonds. The Bertz CT molecular complexity index is 601. The van der Waals surface area contributed by atoms with Gasteiger partial charge in [0.25, 0.3) is 0 Å². The quantitative estimate of drug-likeness (QED) is 0.857. The molecular weight excluding hydrogens is 252 g/mol. The molecule has 2 aromatic heterocycles. The maximum atomic E-state index is 5.53. The van der Waals surface area contributed by atoms with Crippen LogP contribution in [-0.2, 0) is 12.5 Å². The average molecular weight is 272 g/mol. The first kappa shape index (κ1) is 13.1. The number of hydrogen-bond acceptors (Lipinski definition) is 4. The highest BCUT2D eigenvalue weighted by atomic mass is 16.5. The number of rotatable bonds is 4. The molecule has 0 N–H and O–H groups in total. The van der Waals surface area contributed by atoms with Crippen LogP contribution in [0.1, 0.15) is 38.1 Å². The zero-order chi connectivity index (χ0) is 14.2. The minimum Gasteiger partial charge on any atom is -0.478 e. The lowest BCUT2D eigenvalue weighted by molar-refractivity contribution is 0.184. The van der Waals surface area contributed by atoms with Crippen LogP contribution < -0.4 is 4.74 Å². The summed E-state index contributed by atoms with van der Waals surface area (Å²) in [5, 5.41) is 8.39. The van der Waals surface area contributed by atoms with E-state index in [4.69, 9.17) is 4.74 Å². The fraction of sp³-hybridized carbons (Fsp3) is 0.533. The van der Waals surface area contributed by atoms with Crippen molar-refractivity contribution in [1.29, 1.82) is 0 Å². The van der Waals surface area contributed by atoms with Crippen molar-refractivity contribution in [1.82, 2.24) is 19.7 Å². The van der Waals surface area contributed by atoms with Crippen molar-refractivity contribution in [3.8, 4) is 5.88 Å². The minimum atomic E-state index is -0.0422. The normalized spacial score (nSPS) is 25.2. The fourth-order valence-electron chi connectivity index (χ4n) is 3.33. The molecule has 0 bridgehead atoms. The smallest absolute Gasteiger partial charge is 0.213 e. The second-order valence-electron chi connectivity index (χ2n) is 5.68. The van der Waals surface area contributed by atoms with Gasteiger partial charge in [0.05, 0.1) is 12.0 Å². The van der Waals surface area contributed by atoms with Crippen molar-refractivity contribution < 1.29 is 4.74 Å². The molecule has 1 aliphatic rings. The van der Waals surface area contributed by atoms with Gasteiger partial charge >= 0.3 is 0 Å². The third kappa shape index (κ3) is 1.97. The zero-order valence-electron chi connectivity index (χ0n) is 12.2. The number of ether oxygens (including phenoxy) is 1. The maximum Gasteiger partial charge on any atom is 0.213 e. The van der Waals surface area contributed by atoms with Gasteiger partial charge in [-0.3, -0.25) is 0 Å². The van der Waals surface area contributed by atoms with Crippen LogP contribution in [0.25, 0.3) is 0 Å². The van der Waals surface area contributed by atoms with E-state index in [9.17, 15) is 0 Å². The van der Waals surface area contributed by atoms with Crippen molar-refractivity contribution in [3.63, 3.8) is 0 Å². The van der Waals surface area contributed by atoms with E-state index in [1.807, 2.05) is 30.8 Å². The average Bonchev–Trinajstić information content (AvgIpc) is 2.82. The lowest BCUT2D eigenvalue weighted by Gasteiger charge is -2.45. The third-order valence-corrected chi connectivity index (χ3v) is 4.11. The number of pyridine rings is 1. The summed E-state index contributed by atoms with van der Waals surface area (Å²) in [5.41, 5.74) is 1.18. The van der Waals surface area contributed by atoms with E-state index in [2.05, 4.69) is 28.2 Å². The predicted molar refractivity (Wildman–Crippen MR) is 75.6 cm³/mol. The Kier molecular flexibility index (Phi) is 3.20. The Labute approximate surface area is 119 Å². The lowest BCUT2D eigenvalue weighted by atomic mass is 9.58. The number of aromatic nitrogens is 4. The summed E-state index contributed by atoms with van der Waals surface area (Å²) in [6.07, 6.45) is 5.77. The summed E-state index contributed by atoms with van der Waals surface area (Å²) in [7, 11) is 2.00. The molecule has 1 saturated carbocycles. The SMILES string of the molecule is CCOc1cc(C2(c3nncn3C)CC(C)C2)ccn1. The molecule has 20 heavy (non-hydrogen) atoms. The monoisotopic (exact) mass is 272 g/mol. The van der Waals surface area contributed by atoms with Crippen LogP contribution in [0.5, 0.6) is 5.88 Å². The standard InChI is InChI=1S/C15H20N4O/c1-4-20-13-7-12(5-6-16-13)15(8-11(2)9-15)14-18-17-10-19(14)3/h5-7,10-11H,4,8-9H2,1-3H3. The summed E-state index contributed by atoms with van der Waals surface area (Å²) in [4.78, 5) is 4.26. The molecule has 0 atom stereocenters. The van der Waals surface area contributed by atoms with Gasteiger partial charge in [-0.25, -0.2) is 4.98 Å². The molecular formula is C15H20N4O. The van der Waals surface area contributed by atoms with Crippen molar-refractivity contribution >= 4 is 0 Å². The summed E-state index contributed by atoms with van der Waals surface area (Å²) in [5.74, 6) is 2.42. The summed E-state index contributed by atoms with van der Waals surface area (Å²) in [6, 6.07) is 4.12. The Balaban J connectivity index is 2.03. The Morgan fingerprint density at radius 1 is 1.45 bits per heavy atom. The molecule has 1 fully saturated rings. The molecule has 0 aromatic carbocycles. The van der Waals surface area contributed by atoms with Crippen LogP contribution in [-0.4, -0.2) is 26.4 Å². The van der Waals surface area contributed by atoms with Gasteiger partial charge in [0.2, 0.25) is 5.88 Å². The molecule has 0 spiro atoms. The Hall–Kier alpha value is -1.91. The largest absolute Gasteiger partial charge is 0.478 e. The van der Waals surface area contributed by atoms with E-state index in [0.717, 1.165) is 18.7 Å². The van der Waals surface area contributed by atoms with E-state index < -0.39 is 0 Å². The molecule has 1 aliphatic carbocycles. The van der Waals surface area contributed by atoms with E-state index in [-0.39, 0.29) is 5.41 Å². The van der Waals surface area contributed by atoms with Gasteiger partial charge in [-0.05, 0) is 37.3 Å². The molecule has 5 nitrogen and oxygen atoms in total. The van der Waals surface area contributed by atoms with Crippen LogP contribution in [0.3, 0.4) is 0 Å². The summed E-state index contributed by atoms with van der Waals surface area (Å²) in [6.45, 7) is 4.88. The molecule has 0 saturated heterocycles. The van der Waals surface area contributed by atoms with Crippen molar-refractivity contribution in [2.45, 2.75) is 32.1 Å². The molecule has 5 heteroatoms. The van der Waals surface area contributed by atoms with Gasteiger partial charge in [-0.15, -0.1) is 10.2 Å². The van der Waals surface area contributed by atoms with Crippen molar-refractivity contribution in [3.05, 3.63) is 36.0 Å². The van der Waals surface area contributed by atoms with Gasteiger partial charge < -0.3 is 9.30 Å². The second-order valence-corrected chi connectivity index (χ2v) is 5.68. The molecule has 3 rings (SSSR count). The van der Waals surface area contributed by atoms with Gasteiger partial charge in [0.15, 0.2) is 0 Å². The molecule has 0 radical (unpaired) electrons. The topological polar surface area (TPSA) is 52.8 Å². The lowest BCUT2D eigenvalue weighted by Crippen LogP contribution is -2.43. The first-order chi connectivity index (χ1) is 9.65. The fourth-order valence-corrected chi connectivity index (χ4v) is 3.33. The maximum absolute atomic E-state index is 5.53. The third-order valence-electron chi connectivity index (χ3n) is 4.11. The Morgan fingerprint density at radius 2 is 2.25 bits per heavy atom. The van der Waals surface area contributed by atoms with Crippen LogP contribution in [0, 0.1) is 5.92 Å². The molecule has 106 valence electrons. The minimum absolute atomic E-state index is 0.0422. The van der Waals surface area contributed by atoms with E-state index in [0.29, 0.717) is 18.4 Å². The van der Waals surface area contributed by atoms with Gasteiger partial charge in [-0.2, -0.15) is 0 Å². The first-order valence-corrected chi connectivity index (χ1v) is 7.09. The van der Waals surface area contributed by atoms with Gasteiger partial charge in [-0.1, -0.05) is 6.92 Å². The zero-order valence-corrected chi connectivity index (χ0v) is 12.2. The first-order valence-electron chi connectivity index (χ1n) is 7.09. The van der Waals surface area contributed by atoms with Crippen LogP contribution in [0.15, 0.2) is 24.7 Å². The highest BCUT2D eigenvalue weighted by Crippen LogP contribution is 2.51. The van der Waals surface area contributed by atoms with E-state index in [1.165, 1.54) is 5.56 Å². The van der Waals surface area contributed by atoms with E-state index in [1.54, 1.807) is 6.33 Å². The predicted octanol–water partition coefficient (Wildman–Crippen LogP) is 2.32. The Morgan fingerprint density at radius 3 is 2.85 bits per heavy atom. The van der Waals surface area contributed by atoms with Gasteiger partial charge in [0, 0.05) is 19.3 Å². The second kappa shape index (κ2) is 4.89. The molecule has 0 unspecified atom stereocenters. The molecule has 2 aromatic rings. The number of nitrogens with zero attached hydrogens (tertiary/aromatic N) is 4. The number of aryl methyl sites for hydroxylation is 1. The highest BCUT2D eigenvalue weighted by molar-refractivity contribution is 5.38.